The molecular formula is C15H27N3. The first kappa shape index (κ1) is 15.0. The number of hydrogen-bond donors (Lipinski definition) is 1. The van der Waals surface area contributed by atoms with Crippen LogP contribution in [0.3, 0.4) is 0 Å². The maximum absolute atomic E-state index is 4.60. The third-order valence-electron chi connectivity index (χ3n) is 2.76. The lowest BCUT2D eigenvalue weighted by molar-refractivity contribution is 0.417. The van der Waals surface area contributed by atoms with Gasteiger partial charge in [0, 0.05) is 26.3 Å². The number of aromatic nitrogens is 1. The van der Waals surface area contributed by atoms with Gasteiger partial charge in [-0.15, -0.1) is 0 Å². The molecule has 1 heterocycles. The first-order valence-electron chi connectivity index (χ1n) is 6.71. The number of rotatable bonds is 5. The molecule has 1 aromatic rings. The molecule has 1 rings (SSSR count). The first-order valence-corrected chi connectivity index (χ1v) is 6.71. The van der Waals surface area contributed by atoms with Crippen LogP contribution >= 0.6 is 0 Å². The van der Waals surface area contributed by atoms with E-state index >= 15 is 0 Å². The fourth-order valence-corrected chi connectivity index (χ4v) is 2.18. The van der Waals surface area contributed by atoms with Crippen molar-refractivity contribution < 1.29 is 0 Å². The molecule has 0 aliphatic heterocycles. The van der Waals surface area contributed by atoms with E-state index in [1.54, 1.807) is 0 Å². The van der Waals surface area contributed by atoms with Crippen LogP contribution in [0.1, 0.15) is 38.8 Å². The normalized spacial score (nSPS) is 11.7. The van der Waals surface area contributed by atoms with E-state index in [-0.39, 0.29) is 5.41 Å². The van der Waals surface area contributed by atoms with E-state index in [1.165, 1.54) is 11.1 Å². The summed E-state index contributed by atoms with van der Waals surface area (Å²) < 4.78 is 0. The number of nitrogens with zero attached hydrogens (tertiary/aromatic N) is 2. The van der Waals surface area contributed by atoms with E-state index < -0.39 is 0 Å². The van der Waals surface area contributed by atoms with Crippen molar-refractivity contribution in [3.05, 3.63) is 23.4 Å². The molecule has 0 fully saturated rings. The van der Waals surface area contributed by atoms with Crippen LogP contribution < -0.4 is 10.2 Å². The number of anilines is 1. The highest BCUT2D eigenvalue weighted by atomic mass is 15.2. The van der Waals surface area contributed by atoms with Crippen molar-refractivity contribution >= 4 is 5.82 Å². The quantitative estimate of drug-likeness (QED) is 0.869. The minimum atomic E-state index is 0.283. The van der Waals surface area contributed by atoms with Crippen LogP contribution in [0.5, 0.6) is 0 Å². The van der Waals surface area contributed by atoms with E-state index in [9.17, 15) is 0 Å². The van der Waals surface area contributed by atoms with E-state index in [4.69, 9.17) is 0 Å². The van der Waals surface area contributed by atoms with Gasteiger partial charge >= 0.3 is 0 Å². The number of nitrogens with one attached hydrogen (secondary N) is 1. The maximum atomic E-state index is 4.60. The van der Waals surface area contributed by atoms with Gasteiger partial charge < -0.3 is 10.2 Å². The molecule has 0 spiro atoms. The van der Waals surface area contributed by atoms with Gasteiger partial charge in [-0.25, -0.2) is 4.98 Å². The molecule has 18 heavy (non-hydrogen) atoms. The Bertz CT molecular complexity index is 380. The number of pyridine rings is 1. The highest BCUT2D eigenvalue weighted by molar-refractivity contribution is 5.46. The van der Waals surface area contributed by atoms with Crippen molar-refractivity contribution in [3.63, 3.8) is 0 Å². The second-order valence-corrected chi connectivity index (χ2v) is 6.18. The lowest BCUT2D eigenvalue weighted by Crippen LogP contribution is -2.30. The highest BCUT2D eigenvalue weighted by Gasteiger charge is 2.16. The zero-order valence-corrected chi connectivity index (χ0v) is 12.7. The second-order valence-electron chi connectivity index (χ2n) is 6.18. The van der Waals surface area contributed by atoms with Crippen LogP contribution in [0.25, 0.3) is 0 Å². The zero-order valence-electron chi connectivity index (χ0n) is 12.7. The molecule has 0 aliphatic rings. The van der Waals surface area contributed by atoms with Gasteiger partial charge in [0.15, 0.2) is 0 Å². The standard InChI is InChI=1S/C15H27N3/c1-7-16-9-13-8-12(2)14(17-10-13)18(6)11-15(3,4)5/h8,10,16H,7,9,11H2,1-6H3. The summed E-state index contributed by atoms with van der Waals surface area (Å²) >= 11 is 0. The summed E-state index contributed by atoms with van der Waals surface area (Å²) in [6.45, 7) is 13.9. The first-order chi connectivity index (χ1) is 8.33. The van der Waals surface area contributed by atoms with E-state index in [0.29, 0.717) is 0 Å². The van der Waals surface area contributed by atoms with Gasteiger partial charge in [0.2, 0.25) is 0 Å². The highest BCUT2D eigenvalue weighted by Crippen LogP contribution is 2.21. The largest absolute Gasteiger partial charge is 0.359 e. The summed E-state index contributed by atoms with van der Waals surface area (Å²) in [5.41, 5.74) is 2.78. The molecule has 0 aromatic carbocycles. The molecule has 3 nitrogen and oxygen atoms in total. The van der Waals surface area contributed by atoms with E-state index in [2.05, 4.69) is 62.9 Å². The van der Waals surface area contributed by atoms with Crippen LogP contribution in [0, 0.1) is 12.3 Å². The van der Waals surface area contributed by atoms with E-state index in [1.807, 2.05) is 6.20 Å². The van der Waals surface area contributed by atoms with Crippen molar-refractivity contribution in [1.82, 2.24) is 10.3 Å². The van der Waals surface area contributed by atoms with Gasteiger partial charge in [0.25, 0.3) is 0 Å². The Morgan fingerprint density at radius 2 is 2.00 bits per heavy atom. The molecule has 0 amide bonds. The summed E-state index contributed by atoms with van der Waals surface area (Å²) in [7, 11) is 2.12. The lowest BCUT2D eigenvalue weighted by atomic mass is 9.96. The molecular weight excluding hydrogens is 222 g/mol. The average Bonchev–Trinajstić information content (AvgIpc) is 2.23. The molecule has 0 saturated carbocycles. The zero-order chi connectivity index (χ0) is 13.8. The van der Waals surface area contributed by atoms with Crippen LogP contribution in [-0.2, 0) is 6.54 Å². The van der Waals surface area contributed by atoms with Gasteiger partial charge in [0.1, 0.15) is 5.82 Å². The number of hydrogen-bond acceptors (Lipinski definition) is 3. The van der Waals surface area contributed by atoms with Crippen LogP contribution in [-0.4, -0.2) is 25.1 Å². The van der Waals surface area contributed by atoms with Gasteiger partial charge in [-0.1, -0.05) is 27.7 Å². The Kier molecular flexibility index (Phi) is 5.15. The lowest BCUT2D eigenvalue weighted by Gasteiger charge is -2.28. The Morgan fingerprint density at radius 1 is 1.33 bits per heavy atom. The van der Waals surface area contributed by atoms with E-state index in [0.717, 1.165) is 25.5 Å². The summed E-state index contributed by atoms with van der Waals surface area (Å²) in [5.74, 6) is 1.09. The van der Waals surface area contributed by atoms with Crippen molar-refractivity contribution in [1.29, 1.82) is 0 Å². The van der Waals surface area contributed by atoms with Gasteiger partial charge in [-0.2, -0.15) is 0 Å². The molecule has 0 atom stereocenters. The van der Waals surface area contributed by atoms with Crippen LogP contribution in [0.15, 0.2) is 12.3 Å². The monoisotopic (exact) mass is 249 g/mol. The van der Waals surface area contributed by atoms with Gasteiger partial charge in [0.05, 0.1) is 0 Å². The summed E-state index contributed by atoms with van der Waals surface area (Å²) in [4.78, 5) is 6.84. The maximum Gasteiger partial charge on any atom is 0.131 e. The molecule has 3 heteroatoms. The predicted molar refractivity (Wildman–Crippen MR) is 79.1 cm³/mol. The molecule has 1 N–H and O–H groups in total. The molecule has 1 aromatic heterocycles. The van der Waals surface area contributed by atoms with Crippen LogP contribution in [0.2, 0.25) is 0 Å². The van der Waals surface area contributed by atoms with Crippen molar-refractivity contribution in [2.45, 2.75) is 41.2 Å². The molecule has 0 bridgehead atoms. The fraction of sp³-hybridized carbons (Fsp3) is 0.667. The summed E-state index contributed by atoms with van der Waals surface area (Å²) in [6, 6.07) is 2.23. The summed E-state index contributed by atoms with van der Waals surface area (Å²) in [5, 5.41) is 3.33. The van der Waals surface area contributed by atoms with Crippen LogP contribution in [0.4, 0.5) is 5.82 Å². The molecule has 0 aliphatic carbocycles. The fourth-order valence-electron chi connectivity index (χ4n) is 2.18. The molecule has 0 unspecified atom stereocenters. The van der Waals surface area contributed by atoms with Crippen molar-refractivity contribution in [3.8, 4) is 0 Å². The average molecular weight is 249 g/mol. The molecule has 0 saturated heterocycles. The third kappa shape index (κ3) is 4.65. The summed E-state index contributed by atoms with van der Waals surface area (Å²) in [6.07, 6.45) is 1.98. The van der Waals surface area contributed by atoms with Crippen molar-refractivity contribution in [2.24, 2.45) is 5.41 Å². The SMILES string of the molecule is CCNCc1cnc(N(C)CC(C)(C)C)c(C)c1. The minimum Gasteiger partial charge on any atom is -0.359 e. The predicted octanol–water partition coefficient (Wildman–Crippen LogP) is 2.98. The Balaban J connectivity index is 2.78. The molecule has 0 radical (unpaired) electrons. The van der Waals surface area contributed by atoms with Gasteiger partial charge in [-0.05, 0) is 36.1 Å². The topological polar surface area (TPSA) is 28.2 Å². The Labute approximate surface area is 112 Å². The Morgan fingerprint density at radius 3 is 2.50 bits per heavy atom. The third-order valence-corrected chi connectivity index (χ3v) is 2.76. The smallest absolute Gasteiger partial charge is 0.131 e. The second kappa shape index (κ2) is 6.19. The Hall–Kier alpha value is -1.09. The minimum absolute atomic E-state index is 0.283. The van der Waals surface area contributed by atoms with Gasteiger partial charge in [-0.3, -0.25) is 0 Å². The number of aryl methyl sites for hydroxylation is 1. The molecule has 102 valence electrons. The van der Waals surface area contributed by atoms with Crippen molar-refractivity contribution in [2.75, 3.05) is 25.0 Å².